The Morgan fingerprint density at radius 2 is 2.15 bits per heavy atom. The molecule has 1 saturated heterocycles. The summed E-state index contributed by atoms with van der Waals surface area (Å²) in [5.74, 6) is 0.972. The molecule has 0 unspecified atom stereocenters. The molecule has 1 N–H and O–H groups in total. The van der Waals surface area contributed by atoms with E-state index in [-0.39, 0.29) is 6.10 Å². The highest BCUT2D eigenvalue weighted by Gasteiger charge is 2.34. The van der Waals surface area contributed by atoms with Crippen LogP contribution < -0.4 is 4.90 Å². The molecule has 2 aromatic rings. The van der Waals surface area contributed by atoms with Gasteiger partial charge in [0.2, 0.25) is 0 Å². The van der Waals surface area contributed by atoms with Crippen LogP contribution in [0, 0.1) is 0 Å². The summed E-state index contributed by atoms with van der Waals surface area (Å²) in [5.41, 5.74) is 0.882. The van der Waals surface area contributed by atoms with E-state index in [4.69, 9.17) is 9.26 Å². The second-order valence-electron chi connectivity index (χ2n) is 4.73. The minimum atomic E-state index is -0.520. The molecule has 1 aromatic carbocycles. The first-order chi connectivity index (χ1) is 9.78. The lowest BCUT2D eigenvalue weighted by molar-refractivity contribution is -0.00189. The van der Waals surface area contributed by atoms with Crippen LogP contribution in [0.1, 0.15) is 6.92 Å². The topological polar surface area (TPSA) is 71.6 Å². The quantitative estimate of drug-likeness (QED) is 0.907. The molecule has 0 spiro atoms. The molecule has 6 nitrogen and oxygen atoms in total. The maximum Gasteiger partial charge on any atom is 0.266 e. The Morgan fingerprint density at radius 3 is 2.90 bits per heavy atom. The molecule has 1 aromatic heterocycles. The van der Waals surface area contributed by atoms with Gasteiger partial charge in [0.15, 0.2) is 0 Å². The molecule has 0 radical (unpaired) electrons. The SMILES string of the molecule is CCO[C@@H]1CN(c2noc(-c3ccccc3)n2)C[C@H]1O. The van der Waals surface area contributed by atoms with Gasteiger partial charge in [-0.25, -0.2) is 0 Å². The number of anilines is 1. The van der Waals surface area contributed by atoms with Crippen LogP contribution in [0.2, 0.25) is 0 Å². The normalized spacial score (nSPS) is 22.4. The predicted molar refractivity (Wildman–Crippen MR) is 73.4 cm³/mol. The average Bonchev–Trinajstić information content (AvgIpc) is 3.08. The van der Waals surface area contributed by atoms with E-state index in [1.807, 2.05) is 42.2 Å². The van der Waals surface area contributed by atoms with E-state index in [9.17, 15) is 5.11 Å². The number of aliphatic hydroxyl groups is 1. The van der Waals surface area contributed by atoms with Crippen molar-refractivity contribution in [2.24, 2.45) is 0 Å². The van der Waals surface area contributed by atoms with Crippen molar-refractivity contribution in [3.63, 3.8) is 0 Å². The van der Waals surface area contributed by atoms with Crippen molar-refractivity contribution in [3.8, 4) is 11.5 Å². The number of benzene rings is 1. The van der Waals surface area contributed by atoms with Crippen LogP contribution in [0.3, 0.4) is 0 Å². The van der Waals surface area contributed by atoms with Crippen LogP contribution in [0.25, 0.3) is 11.5 Å². The van der Waals surface area contributed by atoms with Crippen LogP contribution in [-0.4, -0.2) is 47.2 Å². The monoisotopic (exact) mass is 275 g/mol. The lowest BCUT2D eigenvalue weighted by Crippen LogP contribution is -2.26. The first kappa shape index (κ1) is 13.1. The van der Waals surface area contributed by atoms with Crippen molar-refractivity contribution in [2.75, 3.05) is 24.6 Å². The number of aromatic nitrogens is 2. The molecule has 0 bridgehead atoms. The van der Waals surface area contributed by atoms with Crippen molar-refractivity contribution >= 4 is 5.95 Å². The minimum absolute atomic E-state index is 0.196. The van der Waals surface area contributed by atoms with Gasteiger partial charge in [-0.1, -0.05) is 18.2 Å². The van der Waals surface area contributed by atoms with Crippen LogP contribution in [0.4, 0.5) is 5.95 Å². The molecule has 0 aliphatic carbocycles. The molecule has 0 saturated carbocycles. The summed E-state index contributed by atoms with van der Waals surface area (Å²) in [7, 11) is 0. The van der Waals surface area contributed by atoms with Gasteiger partial charge >= 0.3 is 0 Å². The van der Waals surface area contributed by atoms with Crippen molar-refractivity contribution < 1.29 is 14.4 Å². The fraction of sp³-hybridized carbons (Fsp3) is 0.429. The zero-order chi connectivity index (χ0) is 13.9. The predicted octanol–water partition coefficient (Wildman–Crippen LogP) is 1.32. The van der Waals surface area contributed by atoms with Gasteiger partial charge in [-0.15, -0.1) is 0 Å². The molecule has 6 heteroatoms. The lowest BCUT2D eigenvalue weighted by Gasteiger charge is -2.12. The molecular formula is C14H17N3O3. The van der Waals surface area contributed by atoms with E-state index in [2.05, 4.69) is 10.1 Å². The number of hydrogen-bond donors (Lipinski definition) is 1. The molecule has 1 fully saturated rings. The van der Waals surface area contributed by atoms with E-state index in [0.29, 0.717) is 31.5 Å². The van der Waals surface area contributed by atoms with Gasteiger partial charge in [0.05, 0.1) is 6.10 Å². The van der Waals surface area contributed by atoms with Gasteiger partial charge in [0, 0.05) is 25.3 Å². The number of aliphatic hydroxyl groups excluding tert-OH is 1. The van der Waals surface area contributed by atoms with E-state index in [1.54, 1.807) is 0 Å². The molecular weight excluding hydrogens is 258 g/mol. The fourth-order valence-corrected chi connectivity index (χ4v) is 2.34. The van der Waals surface area contributed by atoms with Crippen LogP contribution in [-0.2, 0) is 4.74 Å². The van der Waals surface area contributed by atoms with E-state index < -0.39 is 6.10 Å². The van der Waals surface area contributed by atoms with Gasteiger partial charge in [0.25, 0.3) is 11.8 Å². The van der Waals surface area contributed by atoms with Crippen molar-refractivity contribution in [3.05, 3.63) is 30.3 Å². The van der Waals surface area contributed by atoms with E-state index >= 15 is 0 Å². The van der Waals surface area contributed by atoms with Gasteiger partial charge in [-0.2, -0.15) is 4.98 Å². The van der Waals surface area contributed by atoms with E-state index in [1.165, 1.54) is 0 Å². The number of ether oxygens (including phenoxy) is 1. The first-order valence-corrected chi connectivity index (χ1v) is 6.71. The third kappa shape index (κ3) is 2.52. The summed E-state index contributed by atoms with van der Waals surface area (Å²) < 4.78 is 10.7. The van der Waals surface area contributed by atoms with Gasteiger partial charge in [0.1, 0.15) is 6.10 Å². The fourth-order valence-electron chi connectivity index (χ4n) is 2.34. The largest absolute Gasteiger partial charge is 0.388 e. The van der Waals surface area contributed by atoms with Gasteiger partial charge in [-0.05, 0) is 24.2 Å². The minimum Gasteiger partial charge on any atom is -0.388 e. The van der Waals surface area contributed by atoms with Crippen LogP contribution in [0.5, 0.6) is 0 Å². The van der Waals surface area contributed by atoms with Gasteiger partial charge < -0.3 is 19.3 Å². The summed E-state index contributed by atoms with van der Waals surface area (Å²) in [6.45, 7) is 3.52. The van der Waals surface area contributed by atoms with Crippen molar-refractivity contribution in [1.29, 1.82) is 0 Å². The zero-order valence-electron chi connectivity index (χ0n) is 11.3. The Bertz CT molecular complexity index is 558. The van der Waals surface area contributed by atoms with Crippen LogP contribution >= 0.6 is 0 Å². The lowest BCUT2D eigenvalue weighted by atomic mass is 10.2. The first-order valence-electron chi connectivity index (χ1n) is 6.71. The highest BCUT2D eigenvalue weighted by atomic mass is 16.5. The van der Waals surface area contributed by atoms with Crippen molar-refractivity contribution in [1.82, 2.24) is 10.1 Å². The van der Waals surface area contributed by atoms with Crippen LogP contribution in [0.15, 0.2) is 34.9 Å². The molecule has 1 aliphatic rings. The second-order valence-corrected chi connectivity index (χ2v) is 4.73. The average molecular weight is 275 g/mol. The third-order valence-corrected chi connectivity index (χ3v) is 3.34. The molecule has 1 aliphatic heterocycles. The Labute approximate surface area is 117 Å². The Kier molecular flexibility index (Phi) is 3.66. The molecule has 2 heterocycles. The molecule has 2 atom stereocenters. The second kappa shape index (κ2) is 5.60. The number of hydrogen-bond acceptors (Lipinski definition) is 6. The molecule has 106 valence electrons. The summed E-state index contributed by atoms with van der Waals surface area (Å²) in [4.78, 5) is 6.25. The third-order valence-electron chi connectivity index (χ3n) is 3.34. The maximum absolute atomic E-state index is 9.92. The van der Waals surface area contributed by atoms with Crippen molar-refractivity contribution in [2.45, 2.75) is 19.1 Å². The summed E-state index contributed by atoms with van der Waals surface area (Å²) >= 11 is 0. The Hall–Kier alpha value is -1.92. The summed E-state index contributed by atoms with van der Waals surface area (Å²) in [6, 6.07) is 9.61. The Morgan fingerprint density at radius 1 is 1.35 bits per heavy atom. The summed E-state index contributed by atoms with van der Waals surface area (Å²) in [6.07, 6.45) is -0.715. The molecule has 20 heavy (non-hydrogen) atoms. The summed E-state index contributed by atoms with van der Waals surface area (Å²) in [5, 5.41) is 13.9. The number of rotatable bonds is 4. The maximum atomic E-state index is 9.92. The standard InChI is InChI=1S/C14H17N3O3/c1-2-19-12-9-17(8-11(12)18)14-15-13(20-16-14)10-6-4-3-5-7-10/h3-7,11-12,18H,2,8-9H2,1H3/t11-,12-/m1/s1. The van der Waals surface area contributed by atoms with Gasteiger partial charge in [-0.3, -0.25) is 0 Å². The molecule has 0 amide bonds. The highest BCUT2D eigenvalue weighted by Crippen LogP contribution is 2.23. The molecule has 3 rings (SSSR count). The van der Waals surface area contributed by atoms with E-state index in [0.717, 1.165) is 5.56 Å². The zero-order valence-corrected chi connectivity index (χ0v) is 11.3. The number of nitrogens with zero attached hydrogens (tertiary/aromatic N) is 3. The smallest absolute Gasteiger partial charge is 0.266 e. The highest BCUT2D eigenvalue weighted by molar-refractivity contribution is 5.54. The Balaban J connectivity index is 1.75. The number of β-amino-alcohol motifs (C(OH)–C–C–N with tert-alkyl or cyclic N) is 1.